The van der Waals surface area contributed by atoms with Crippen molar-refractivity contribution in [2.24, 2.45) is 0 Å². The standard InChI is InChI=1S/C25H32N3O5/c1-6-7-8-9-10-26-20(29)16-11-18-19(12-17(16)21(26)30)23(32)27(22(18)31)15-13-24(2,3)28(33)25(4,5)14-15/h11-12,15H,6-10,13-14H2,1-5H3. The fourth-order valence-corrected chi connectivity index (χ4v) is 5.67. The first-order valence-corrected chi connectivity index (χ1v) is 11.8. The monoisotopic (exact) mass is 454 g/mol. The van der Waals surface area contributed by atoms with Gasteiger partial charge in [-0.2, -0.15) is 0 Å². The number of unbranched alkanes of at least 4 members (excludes halogenated alkanes) is 3. The zero-order valence-corrected chi connectivity index (χ0v) is 20.1. The fraction of sp³-hybridized carbons (Fsp3) is 0.600. The summed E-state index contributed by atoms with van der Waals surface area (Å²) < 4.78 is 2.45. The molecule has 1 aromatic carbocycles. The maximum atomic E-state index is 13.3. The zero-order valence-electron chi connectivity index (χ0n) is 20.1. The van der Waals surface area contributed by atoms with Crippen LogP contribution in [0.1, 0.15) is 79.2 Å². The second-order valence-corrected chi connectivity index (χ2v) is 10.7. The first kappa shape index (κ1) is 23.6. The van der Waals surface area contributed by atoms with Gasteiger partial charge < -0.3 is 0 Å². The van der Waals surface area contributed by atoms with Crippen molar-refractivity contribution in [1.29, 1.82) is 0 Å². The van der Waals surface area contributed by atoms with E-state index in [1.807, 2.05) is 27.7 Å². The van der Waals surface area contributed by atoms with E-state index in [4.69, 9.17) is 0 Å². The van der Waals surface area contributed by atoms with E-state index in [1.165, 1.54) is 21.3 Å². The molecule has 0 atom stereocenters. The summed E-state index contributed by atoms with van der Waals surface area (Å²) in [6, 6.07) is 2.38. The molecule has 1 radical (unpaired) electrons. The Morgan fingerprint density at radius 2 is 1.21 bits per heavy atom. The Morgan fingerprint density at radius 3 is 1.67 bits per heavy atom. The molecule has 0 unspecified atom stereocenters. The van der Waals surface area contributed by atoms with Crippen molar-refractivity contribution < 1.29 is 5.21 Å². The van der Waals surface area contributed by atoms with Gasteiger partial charge in [0.2, 0.25) is 0 Å². The van der Waals surface area contributed by atoms with Crippen molar-refractivity contribution in [3.63, 3.8) is 0 Å². The fourth-order valence-electron chi connectivity index (χ4n) is 5.67. The van der Waals surface area contributed by atoms with Gasteiger partial charge in [-0.05, 0) is 59.1 Å². The molecule has 0 saturated carbocycles. The zero-order chi connectivity index (χ0) is 24.3. The van der Waals surface area contributed by atoms with Crippen molar-refractivity contribution >= 4 is 21.5 Å². The summed E-state index contributed by atoms with van der Waals surface area (Å²) in [4.78, 5) is 52.5. The molecule has 1 saturated heterocycles. The predicted molar refractivity (Wildman–Crippen MR) is 128 cm³/mol. The van der Waals surface area contributed by atoms with Crippen molar-refractivity contribution in [3.8, 4) is 0 Å². The van der Waals surface area contributed by atoms with Crippen LogP contribution in [0.2, 0.25) is 0 Å². The van der Waals surface area contributed by atoms with E-state index in [0.29, 0.717) is 19.4 Å². The van der Waals surface area contributed by atoms with Crippen LogP contribution in [0.3, 0.4) is 0 Å². The van der Waals surface area contributed by atoms with Crippen LogP contribution in [0.25, 0.3) is 21.5 Å². The minimum absolute atomic E-state index is 0.160. The highest BCUT2D eigenvalue weighted by molar-refractivity contribution is 5.97. The molecule has 3 heterocycles. The van der Waals surface area contributed by atoms with Gasteiger partial charge in [0.25, 0.3) is 22.2 Å². The van der Waals surface area contributed by atoms with Crippen molar-refractivity contribution in [2.45, 2.75) is 96.8 Å². The molecule has 33 heavy (non-hydrogen) atoms. The van der Waals surface area contributed by atoms with E-state index in [0.717, 1.165) is 30.7 Å². The molecule has 0 aliphatic carbocycles. The third-order valence-corrected chi connectivity index (χ3v) is 7.18. The highest BCUT2D eigenvalue weighted by atomic mass is 16.5. The molecule has 3 aromatic rings. The largest absolute Gasteiger partial charge is 0.274 e. The van der Waals surface area contributed by atoms with Crippen LogP contribution in [0.15, 0.2) is 31.3 Å². The molecule has 0 bridgehead atoms. The summed E-state index contributed by atoms with van der Waals surface area (Å²) in [6.07, 6.45) is 4.46. The Kier molecular flexibility index (Phi) is 5.73. The van der Waals surface area contributed by atoms with Gasteiger partial charge in [0.15, 0.2) is 0 Å². The molecule has 177 valence electrons. The Hall–Kier alpha value is -2.58. The SMILES string of the molecule is CCCCCCn1c(=O)c2cc3c(=O)n(C4CC(C)(C)N([O])C(C)(C)C4)c(=O)c3cc2c1=O. The first-order chi connectivity index (χ1) is 15.4. The number of rotatable bonds is 6. The van der Waals surface area contributed by atoms with Gasteiger partial charge in [0, 0.05) is 23.7 Å². The number of fused-ring (bicyclic) bond motifs is 2. The van der Waals surface area contributed by atoms with E-state index in [-0.39, 0.29) is 21.5 Å². The van der Waals surface area contributed by atoms with Gasteiger partial charge in [-0.25, -0.2) is 0 Å². The second-order valence-electron chi connectivity index (χ2n) is 10.7. The summed E-state index contributed by atoms with van der Waals surface area (Å²) >= 11 is 0. The van der Waals surface area contributed by atoms with Crippen molar-refractivity contribution in [1.82, 2.24) is 14.2 Å². The molecule has 1 fully saturated rings. The second kappa shape index (κ2) is 8.02. The molecule has 8 heteroatoms. The Bertz CT molecular complexity index is 1320. The lowest BCUT2D eigenvalue weighted by Crippen LogP contribution is -2.59. The van der Waals surface area contributed by atoms with Crippen LogP contribution >= 0.6 is 0 Å². The summed E-state index contributed by atoms with van der Waals surface area (Å²) in [5.41, 5.74) is -3.22. The lowest BCUT2D eigenvalue weighted by Gasteiger charge is -2.49. The molecule has 2 aromatic heterocycles. The van der Waals surface area contributed by atoms with Crippen LogP contribution in [0.5, 0.6) is 0 Å². The quantitative estimate of drug-likeness (QED) is 0.533. The van der Waals surface area contributed by atoms with Crippen LogP contribution in [0.4, 0.5) is 0 Å². The van der Waals surface area contributed by atoms with Gasteiger partial charge in [-0.15, -0.1) is 10.3 Å². The van der Waals surface area contributed by atoms with Crippen LogP contribution < -0.4 is 22.2 Å². The molecule has 0 spiro atoms. The van der Waals surface area contributed by atoms with E-state index < -0.39 is 39.4 Å². The average Bonchev–Trinajstić information content (AvgIpc) is 3.12. The Labute approximate surface area is 191 Å². The van der Waals surface area contributed by atoms with Gasteiger partial charge in [0.05, 0.1) is 21.5 Å². The predicted octanol–water partition coefficient (Wildman–Crippen LogP) is 3.03. The minimum atomic E-state index is -0.742. The van der Waals surface area contributed by atoms with Gasteiger partial charge in [-0.1, -0.05) is 26.2 Å². The molecule has 4 rings (SSSR count). The molecule has 1 aliphatic heterocycles. The third kappa shape index (κ3) is 3.69. The lowest BCUT2D eigenvalue weighted by atomic mass is 9.79. The molecule has 1 aliphatic rings. The van der Waals surface area contributed by atoms with Crippen LogP contribution in [-0.2, 0) is 11.8 Å². The minimum Gasteiger partial charge on any atom is -0.274 e. The highest BCUT2D eigenvalue weighted by Gasteiger charge is 2.47. The third-order valence-electron chi connectivity index (χ3n) is 7.18. The first-order valence-electron chi connectivity index (χ1n) is 11.8. The van der Waals surface area contributed by atoms with Gasteiger partial charge in [-0.3, -0.25) is 28.3 Å². The maximum absolute atomic E-state index is 13.3. The number of nitrogens with zero attached hydrogens (tertiary/aromatic N) is 3. The summed E-state index contributed by atoms with van der Waals surface area (Å²) in [5, 5.41) is 14.5. The van der Waals surface area contributed by atoms with Crippen LogP contribution in [0, 0.1) is 0 Å². The normalized spacial score (nSPS) is 19.1. The van der Waals surface area contributed by atoms with Crippen molar-refractivity contribution in [3.05, 3.63) is 53.5 Å². The number of hydrogen-bond acceptors (Lipinski definition) is 5. The summed E-state index contributed by atoms with van der Waals surface area (Å²) in [5.74, 6) is 0. The molecular formula is C25H32N3O5. The maximum Gasteiger partial charge on any atom is 0.261 e. The number of benzene rings is 1. The van der Waals surface area contributed by atoms with Gasteiger partial charge >= 0.3 is 0 Å². The molecule has 0 amide bonds. The van der Waals surface area contributed by atoms with Crippen molar-refractivity contribution in [2.75, 3.05) is 0 Å². The van der Waals surface area contributed by atoms with E-state index in [1.54, 1.807) is 0 Å². The van der Waals surface area contributed by atoms with E-state index in [2.05, 4.69) is 6.92 Å². The highest BCUT2D eigenvalue weighted by Crippen LogP contribution is 2.41. The number of hydroxylamine groups is 2. The lowest BCUT2D eigenvalue weighted by molar-refractivity contribution is -0.292. The number of hydrogen-bond donors (Lipinski definition) is 0. The molecule has 8 nitrogen and oxygen atoms in total. The topological polar surface area (TPSA) is 101 Å². The van der Waals surface area contributed by atoms with E-state index >= 15 is 0 Å². The Morgan fingerprint density at radius 1 is 0.758 bits per heavy atom. The smallest absolute Gasteiger partial charge is 0.261 e. The van der Waals surface area contributed by atoms with E-state index in [9.17, 15) is 24.4 Å². The summed E-state index contributed by atoms with van der Waals surface area (Å²) in [7, 11) is 0. The molecular weight excluding hydrogens is 422 g/mol. The number of aromatic nitrogens is 2. The summed E-state index contributed by atoms with van der Waals surface area (Å²) in [6.45, 7) is 9.68. The Balaban J connectivity index is 1.83. The van der Waals surface area contributed by atoms with Crippen LogP contribution in [-0.4, -0.2) is 25.3 Å². The molecule has 0 N–H and O–H groups in total. The van der Waals surface area contributed by atoms with Gasteiger partial charge in [0.1, 0.15) is 0 Å². The average molecular weight is 455 g/mol. The number of piperidine rings is 1.